The summed E-state index contributed by atoms with van der Waals surface area (Å²) < 4.78 is 44.2. The van der Waals surface area contributed by atoms with Gasteiger partial charge in [-0.05, 0) is 30.5 Å². The van der Waals surface area contributed by atoms with Gasteiger partial charge in [0.1, 0.15) is 5.82 Å². The molecule has 1 aliphatic rings. The zero-order valence-corrected chi connectivity index (χ0v) is 12.3. The Hall–Kier alpha value is -1.51. The van der Waals surface area contributed by atoms with Crippen molar-refractivity contribution < 1.29 is 27.4 Å². The Morgan fingerprint density at radius 2 is 2.24 bits per heavy atom. The highest BCUT2D eigenvalue weighted by Gasteiger charge is 2.35. The number of sulfonamides is 1. The maximum Gasteiger partial charge on any atom is 0.339 e. The lowest BCUT2D eigenvalue weighted by atomic mass is 10.1. The summed E-state index contributed by atoms with van der Waals surface area (Å²) in [5.74, 6) is -1.74. The molecular formula is C13H16FNO5S. The number of benzene rings is 1. The molecule has 1 fully saturated rings. The van der Waals surface area contributed by atoms with Crippen LogP contribution in [0, 0.1) is 11.7 Å². The number of nitrogens with zero attached hydrogens (tertiary/aromatic N) is 1. The number of esters is 1. The molecule has 0 spiro atoms. The van der Waals surface area contributed by atoms with E-state index in [1.165, 1.54) is 0 Å². The predicted molar refractivity (Wildman–Crippen MR) is 71.7 cm³/mol. The molecule has 1 aromatic rings. The summed E-state index contributed by atoms with van der Waals surface area (Å²) >= 11 is 0. The Balaban J connectivity index is 2.44. The van der Waals surface area contributed by atoms with Gasteiger partial charge in [0.2, 0.25) is 10.0 Å². The number of methoxy groups -OCH3 is 1. The Labute approximate surface area is 122 Å². The minimum atomic E-state index is -4.01. The molecule has 8 heteroatoms. The number of halogens is 1. The number of carbonyl (C=O) groups is 1. The van der Waals surface area contributed by atoms with Crippen LogP contribution in [0.4, 0.5) is 4.39 Å². The van der Waals surface area contributed by atoms with E-state index in [0.717, 1.165) is 29.6 Å². The minimum absolute atomic E-state index is 0.112. The lowest BCUT2D eigenvalue weighted by Gasteiger charge is -2.18. The number of hydrogen-bond donors (Lipinski definition) is 1. The monoisotopic (exact) mass is 317 g/mol. The first-order valence-corrected chi connectivity index (χ1v) is 7.83. The second-order valence-corrected chi connectivity index (χ2v) is 6.74. The van der Waals surface area contributed by atoms with Gasteiger partial charge in [0, 0.05) is 19.7 Å². The normalized spacial score (nSPS) is 19.7. The highest BCUT2D eigenvalue weighted by Crippen LogP contribution is 2.27. The van der Waals surface area contributed by atoms with Gasteiger partial charge in [0.15, 0.2) is 0 Å². The SMILES string of the molecule is COC(=O)c1ccc(F)cc1S(=O)(=O)N1CCC(CO)C1. The van der Waals surface area contributed by atoms with Crippen LogP contribution in [-0.4, -0.2) is 50.6 Å². The zero-order valence-electron chi connectivity index (χ0n) is 11.5. The van der Waals surface area contributed by atoms with Gasteiger partial charge < -0.3 is 9.84 Å². The van der Waals surface area contributed by atoms with Gasteiger partial charge in [-0.2, -0.15) is 4.31 Å². The van der Waals surface area contributed by atoms with Gasteiger partial charge in [0.05, 0.1) is 17.6 Å². The smallest absolute Gasteiger partial charge is 0.339 e. The lowest BCUT2D eigenvalue weighted by molar-refractivity contribution is 0.0596. The van der Waals surface area contributed by atoms with Crippen LogP contribution in [0.25, 0.3) is 0 Å². The third-order valence-electron chi connectivity index (χ3n) is 3.47. The average molecular weight is 317 g/mol. The maximum atomic E-state index is 13.4. The summed E-state index contributed by atoms with van der Waals surface area (Å²) in [6, 6.07) is 2.91. The number of aliphatic hydroxyl groups excluding tert-OH is 1. The van der Waals surface area contributed by atoms with Crippen molar-refractivity contribution in [3.05, 3.63) is 29.6 Å². The van der Waals surface area contributed by atoms with Gasteiger partial charge in [-0.1, -0.05) is 0 Å². The van der Waals surface area contributed by atoms with Crippen LogP contribution in [-0.2, 0) is 14.8 Å². The summed E-state index contributed by atoms with van der Waals surface area (Å²) in [7, 11) is -2.88. The van der Waals surface area contributed by atoms with Crippen molar-refractivity contribution in [1.29, 1.82) is 0 Å². The fourth-order valence-electron chi connectivity index (χ4n) is 2.29. The average Bonchev–Trinajstić information content (AvgIpc) is 2.96. The van der Waals surface area contributed by atoms with Gasteiger partial charge >= 0.3 is 5.97 Å². The largest absolute Gasteiger partial charge is 0.465 e. The summed E-state index contributed by atoms with van der Waals surface area (Å²) in [5.41, 5.74) is -0.202. The van der Waals surface area contributed by atoms with Gasteiger partial charge in [-0.25, -0.2) is 17.6 Å². The highest BCUT2D eigenvalue weighted by molar-refractivity contribution is 7.89. The van der Waals surface area contributed by atoms with Crippen LogP contribution in [0.2, 0.25) is 0 Å². The van der Waals surface area contributed by atoms with Gasteiger partial charge in [0.25, 0.3) is 0 Å². The van der Waals surface area contributed by atoms with Gasteiger partial charge in [-0.15, -0.1) is 0 Å². The van der Waals surface area contributed by atoms with E-state index in [2.05, 4.69) is 4.74 Å². The molecule has 0 aromatic heterocycles. The van der Waals surface area contributed by atoms with Crippen molar-refractivity contribution in [2.45, 2.75) is 11.3 Å². The van der Waals surface area contributed by atoms with Crippen molar-refractivity contribution in [3.63, 3.8) is 0 Å². The van der Waals surface area contributed by atoms with Crippen molar-refractivity contribution >= 4 is 16.0 Å². The number of rotatable bonds is 4. The Kier molecular flexibility index (Phi) is 4.60. The molecule has 6 nitrogen and oxygen atoms in total. The van der Waals surface area contributed by atoms with E-state index in [4.69, 9.17) is 5.11 Å². The summed E-state index contributed by atoms with van der Waals surface area (Å²) in [5, 5.41) is 9.09. The first-order chi connectivity index (χ1) is 9.90. The Bertz CT molecular complexity index is 646. The van der Waals surface area contributed by atoms with Crippen molar-refractivity contribution in [2.24, 2.45) is 5.92 Å². The van der Waals surface area contributed by atoms with Crippen LogP contribution < -0.4 is 0 Å². The molecular weight excluding hydrogens is 301 g/mol. The molecule has 2 rings (SSSR count). The van der Waals surface area contributed by atoms with E-state index in [1.807, 2.05) is 0 Å². The van der Waals surface area contributed by atoms with E-state index in [-0.39, 0.29) is 31.2 Å². The Morgan fingerprint density at radius 3 is 2.81 bits per heavy atom. The topological polar surface area (TPSA) is 83.9 Å². The molecule has 0 radical (unpaired) electrons. The van der Waals surface area contributed by atoms with E-state index >= 15 is 0 Å². The molecule has 1 heterocycles. The first kappa shape index (κ1) is 15.9. The first-order valence-electron chi connectivity index (χ1n) is 6.39. The maximum absolute atomic E-state index is 13.4. The number of carbonyl (C=O) groups excluding carboxylic acids is 1. The molecule has 1 saturated heterocycles. The van der Waals surface area contributed by atoms with Crippen LogP contribution in [0.3, 0.4) is 0 Å². The second-order valence-electron chi connectivity index (χ2n) is 4.83. The molecule has 1 N–H and O–H groups in total. The van der Waals surface area contributed by atoms with Crippen molar-refractivity contribution in [2.75, 3.05) is 26.8 Å². The fraction of sp³-hybridized carbons (Fsp3) is 0.462. The molecule has 21 heavy (non-hydrogen) atoms. The highest BCUT2D eigenvalue weighted by atomic mass is 32.2. The number of aliphatic hydroxyl groups is 1. The molecule has 0 amide bonds. The van der Waals surface area contributed by atoms with Crippen LogP contribution in [0.1, 0.15) is 16.8 Å². The predicted octanol–water partition coefficient (Wildman–Crippen LogP) is 0.615. The van der Waals surface area contributed by atoms with Crippen LogP contribution >= 0.6 is 0 Å². The standard InChI is InChI=1S/C13H16FNO5S/c1-20-13(17)11-3-2-10(14)6-12(11)21(18,19)15-5-4-9(7-15)8-16/h2-3,6,9,16H,4-5,7-8H2,1H3. The van der Waals surface area contributed by atoms with E-state index in [0.29, 0.717) is 6.42 Å². The third kappa shape index (κ3) is 3.07. The van der Waals surface area contributed by atoms with E-state index < -0.39 is 26.7 Å². The molecule has 1 aliphatic heterocycles. The molecule has 0 aliphatic carbocycles. The molecule has 1 unspecified atom stereocenters. The Morgan fingerprint density at radius 1 is 1.52 bits per heavy atom. The zero-order chi connectivity index (χ0) is 15.6. The molecule has 1 aromatic carbocycles. The molecule has 1 atom stereocenters. The van der Waals surface area contributed by atoms with E-state index in [9.17, 15) is 17.6 Å². The van der Waals surface area contributed by atoms with Gasteiger partial charge in [-0.3, -0.25) is 0 Å². The second kappa shape index (κ2) is 6.08. The lowest BCUT2D eigenvalue weighted by Crippen LogP contribution is -2.30. The van der Waals surface area contributed by atoms with E-state index in [1.54, 1.807) is 0 Å². The van der Waals surface area contributed by atoms with Crippen LogP contribution in [0.15, 0.2) is 23.1 Å². The third-order valence-corrected chi connectivity index (χ3v) is 5.38. The molecule has 116 valence electrons. The summed E-state index contributed by atoms with van der Waals surface area (Å²) in [4.78, 5) is 11.3. The van der Waals surface area contributed by atoms with Crippen molar-refractivity contribution in [3.8, 4) is 0 Å². The molecule has 0 saturated carbocycles. The number of ether oxygens (including phenoxy) is 1. The van der Waals surface area contributed by atoms with Crippen LogP contribution in [0.5, 0.6) is 0 Å². The fourth-order valence-corrected chi connectivity index (χ4v) is 4.01. The number of hydrogen-bond acceptors (Lipinski definition) is 5. The minimum Gasteiger partial charge on any atom is -0.465 e. The molecule has 0 bridgehead atoms. The van der Waals surface area contributed by atoms with Crippen molar-refractivity contribution in [1.82, 2.24) is 4.31 Å². The summed E-state index contributed by atoms with van der Waals surface area (Å²) in [6.45, 7) is 0.264. The summed E-state index contributed by atoms with van der Waals surface area (Å²) in [6.07, 6.45) is 0.526. The quantitative estimate of drug-likeness (QED) is 0.823.